The highest BCUT2D eigenvalue weighted by atomic mass is 16.1. The Kier molecular flexibility index (Phi) is 5.09. The van der Waals surface area contributed by atoms with E-state index in [0.29, 0.717) is 11.6 Å². The van der Waals surface area contributed by atoms with Gasteiger partial charge in [-0.2, -0.15) is 0 Å². The summed E-state index contributed by atoms with van der Waals surface area (Å²) in [5.41, 5.74) is 2.79. The van der Waals surface area contributed by atoms with Gasteiger partial charge in [-0.3, -0.25) is 9.69 Å². The van der Waals surface area contributed by atoms with Crippen molar-refractivity contribution in [3.63, 3.8) is 0 Å². The van der Waals surface area contributed by atoms with Crippen LogP contribution in [0.25, 0.3) is 0 Å². The van der Waals surface area contributed by atoms with Gasteiger partial charge in [0.1, 0.15) is 0 Å². The van der Waals surface area contributed by atoms with Gasteiger partial charge in [0.05, 0.1) is 0 Å². The van der Waals surface area contributed by atoms with Crippen molar-refractivity contribution in [1.29, 1.82) is 0 Å². The van der Waals surface area contributed by atoms with E-state index in [-0.39, 0.29) is 5.91 Å². The third-order valence-corrected chi connectivity index (χ3v) is 4.57. The summed E-state index contributed by atoms with van der Waals surface area (Å²) in [4.78, 5) is 14.8. The number of hydrogen-bond donors (Lipinski definition) is 1. The summed E-state index contributed by atoms with van der Waals surface area (Å²) >= 11 is 0. The van der Waals surface area contributed by atoms with E-state index in [1.165, 1.54) is 31.4 Å². The van der Waals surface area contributed by atoms with Crippen molar-refractivity contribution in [2.75, 3.05) is 11.9 Å². The van der Waals surface area contributed by atoms with Crippen molar-refractivity contribution in [3.8, 4) is 0 Å². The van der Waals surface area contributed by atoms with Gasteiger partial charge in [0.2, 0.25) is 0 Å². The molecule has 3 heteroatoms. The fraction of sp³-hybridized carbons (Fsp3) is 0.350. The van der Waals surface area contributed by atoms with Crippen LogP contribution in [0, 0.1) is 0 Å². The molecule has 1 amide bonds. The van der Waals surface area contributed by atoms with Gasteiger partial charge in [0.15, 0.2) is 0 Å². The molecule has 0 bridgehead atoms. The topological polar surface area (TPSA) is 32.3 Å². The number of likely N-dealkylation sites (tertiary alicyclic amines) is 1. The molecule has 2 aromatic rings. The Morgan fingerprint density at radius 1 is 1.09 bits per heavy atom. The van der Waals surface area contributed by atoms with Crippen molar-refractivity contribution in [2.24, 2.45) is 0 Å². The smallest absolute Gasteiger partial charge is 0.255 e. The van der Waals surface area contributed by atoms with Gasteiger partial charge in [-0.05, 0) is 56.1 Å². The molecule has 120 valence electrons. The summed E-state index contributed by atoms with van der Waals surface area (Å²) in [6.45, 7) is 4.46. The highest BCUT2D eigenvalue weighted by molar-refractivity contribution is 6.04. The lowest BCUT2D eigenvalue weighted by atomic mass is 10.0. The minimum absolute atomic E-state index is 0.0610. The maximum absolute atomic E-state index is 12.2. The van der Waals surface area contributed by atoms with Crippen LogP contribution in [0.1, 0.15) is 42.1 Å². The number of para-hydroxylation sites is 1. The molecule has 1 unspecified atom stereocenters. The number of nitrogens with one attached hydrogen (secondary N) is 1. The van der Waals surface area contributed by atoms with Gasteiger partial charge in [0, 0.05) is 23.8 Å². The summed E-state index contributed by atoms with van der Waals surface area (Å²) in [5, 5.41) is 2.92. The first-order chi connectivity index (χ1) is 11.2. The summed E-state index contributed by atoms with van der Waals surface area (Å²) in [6, 6.07) is 18.2. The highest BCUT2D eigenvalue weighted by Crippen LogP contribution is 2.19. The van der Waals surface area contributed by atoms with Crippen molar-refractivity contribution in [2.45, 2.75) is 38.8 Å². The van der Waals surface area contributed by atoms with Crippen LogP contribution in [0.4, 0.5) is 5.69 Å². The molecule has 1 N–H and O–H groups in total. The first kappa shape index (κ1) is 15.8. The lowest BCUT2D eigenvalue weighted by Crippen LogP contribution is -2.36. The molecular weight excluding hydrogens is 284 g/mol. The third-order valence-electron chi connectivity index (χ3n) is 4.57. The van der Waals surface area contributed by atoms with Crippen molar-refractivity contribution < 1.29 is 4.79 Å². The predicted octanol–water partition coefficient (Wildman–Crippen LogP) is 4.31. The van der Waals surface area contributed by atoms with Crippen LogP contribution in [0.2, 0.25) is 0 Å². The molecule has 23 heavy (non-hydrogen) atoms. The van der Waals surface area contributed by atoms with Crippen LogP contribution < -0.4 is 5.32 Å². The summed E-state index contributed by atoms with van der Waals surface area (Å²) < 4.78 is 0. The number of nitrogens with zero attached hydrogens (tertiary/aromatic N) is 1. The largest absolute Gasteiger partial charge is 0.322 e. The van der Waals surface area contributed by atoms with Crippen LogP contribution in [0.15, 0.2) is 54.6 Å². The molecule has 3 rings (SSSR count). The molecule has 1 aliphatic heterocycles. The molecule has 0 saturated carbocycles. The Bertz CT molecular complexity index is 636. The predicted molar refractivity (Wildman–Crippen MR) is 94.6 cm³/mol. The van der Waals surface area contributed by atoms with E-state index in [1.807, 2.05) is 42.5 Å². The van der Waals surface area contributed by atoms with Crippen LogP contribution in [0.5, 0.6) is 0 Å². The Morgan fingerprint density at radius 2 is 1.83 bits per heavy atom. The van der Waals surface area contributed by atoms with E-state index in [4.69, 9.17) is 0 Å². The molecule has 1 atom stereocenters. The number of piperidine rings is 1. The fourth-order valence-corrected chi connectivity index (χ4v) is 3.11. The van der Waals surface area contributed by atoms with Gasteiger partial charge < -0.3 is 5.32 Å². The fourth-order valence-electron chi connectivity index (χ4n) is 3.11. The Balaban J connectivity index is 1.61. The molecule has 1 heterocycles. The number of rotatable bonds is 4. The normalized spacial score (nSPS) is 18.6. The molecule has 0 spiro atoms. The lowest BCUT2D eigenvalue weighted by Gasteiger charge is -2.33. The van der Waals surface area contributed by atoms with E-state index in [2.05, 4.69) is 29.3 Å². The third kappa shape index (κ3) is 4.20. The molecule has 1 fully saturated rings. The Morgan fingerprint density at radius 3 is 2.52 bits per heavy atom. The molecule has 2 aromatic carbocycles. The molecule has 1 aliphatic rings. The van der Waals surface area contributed by atoms with Gasteiger partial charge in [-0.1, -0.05) is 36.8 Å². The zero-order valence-corrected chi connectivity index (χ0v) is 13.7. The zero-order chi connectivity index (χ0) is 16.1. The van der Waals surface area contributed by atoms with Gasteiger partial charge in [-0.25, -0.2) is 0 Å². The van der Waals surface area contributed by atoms with E-state index in [1.54, 1.807) is 0 Å². The van der Waals surface area contributed by atoms with Crippen LogP contribution in [-0.2, 0) is 6.54 Å². The van der Waals surface area contributed by atoms with Crippen LogP contribution in [-0.4, -0.2) is 23.4 Å². The quantitative estimate of drug-likeness (QED) is 0.912. The van der Waals surface area contributed by atoms with E-state index < -0.39 is 0 Å². The second-order valence-corrected chi connectivity index (χ2v) is 6.33. The number of carbonyl (C=O) groups is 1. The molecule has 0 radical (unpaired) electrons. The standard InChI is InChI=1S/C20H24N2O/c1-16-7-5-6-14-22(16)15-17-10-12-18(13-11-17)20(23)21-19-8-3-2-4-9-19/h2-4,8-13,16H,5-7,14-15H2,1H3,(H,21,23). The Hall–Kier alpha value is -2.13. The van der Waals surface area contributed by atoms with Gasteiger partial charge in [-0.15, -0.1) is 0 Å². The number of anilines is 1. The number of hydrogen-bond acceptors (Lipinski definition) is 2. The first-order valence-electron chi connectivity index (χ1n) is 8.42. The maximum atomic E-state index is 12.2. The lowest BCUT2D eigenvalue weighted by molar-refractivity contribution is 0.102. The minimum atomic E-state index is -0.0610. The monoisotopic (exact) mass is 308 g/mol. The van der Waals surface area contributed by atoms with Crippen LogP contribution in [0.3, 0.4) is 0 Å². The van der Waals surface area contributed by atoms with E-state index in [9.17, 15) is 4.79 Å². The van der Waals surface area contributed by atoms with Gasteiger partial charge in [0.25, 0.3) is 5.91 Å². The summed E-state index contributed by atoms with van der Waals surface area (Å²) in [5.74, 6) is -0.0610. The zero-order valence-electron chi connectivity index (χ0n) is 13.7. The average molecular weight is 308 g/mol. The number of carbonyl (C=O) groups excluding carboxylic acids is 1. The number of amides is 1. The average Bonchev–Trinajstić information content (AvgIpc) is 2.58. The van der Waals surface area contributed by atoms with Crippen LogP contribution >= 0.6 is 0 Å². The first-order valence-corrected chi connectivity index (χ1v) is 8.42. The second kappa shape index (κ2) is 7.42. The summed E-state index contributed by atoms with van der Waals surface area (Å²) in [6.07, 6.45) is 3.93. The van der Waals surface area contributed by atoms with Gasteiger partial charge >= 0.3 is 0 Å². The maximum Gasteiger partial charge on any atom is 0.255 e. The van der Waals surface area contributed by atoms with Crippen molar-refractivity contribution in [3.05, 3.63) is 65.7 Å². The van der Waals surface area contributed by atoms with E-state index in [0.717, 1.165) is 12.2 Å². The minimum Gasteiger partial charge on any atom is -0.322 e. The van der Waals surface area contributed by atoms with Crippen molar-refractivity contribution >= 4 is 11.6 Å². The molecule has 3 nitrogen and oxygen atoms in total. The number of benzene rings is 2. The highest BCUT2D eigenvalue weighted by Gasteiger charge is 2.18. The molecule has 0 aromatic heterocycles. The molecule has 0 aliphatic carbocycles. The summed E-state index contributed by atoms with van der Waals surface area (Å²) in [7, 11) is 0. The SMILES string of the molecule is CC1CCCCN1Cc1ccc(C(=O)Nc2ccccc2)cc1. The molecule has 1 saturated heterocycles. The van der Waals surface area contributed by atoms with E-state index >= 15 is 0 Å². The second-order valence-electron chi connectivity index (χ2n) is 6.33. The Labute approximate surface area is 138 Å². The van der Waals surface area contributed by atoms with Crippen molar-refractivity contribution in [1.82, 2.24) is 4.90 Å². The molecular formula is C20H24N2O.